The van der Waals surface area contributed by atoms with E-state index < -0.39 is 0 Å². The zero-order valence-electron chi connectivity index (χ0n) is 6.14. The third-order valence-electron chi connectivity index (χ3n) is 2.52. The average molecular weight is 128 g/mol. The van der Waals surface area contributed by atoms with Gasteiger partial charge in [-0.1, -0.05) is 26.2 Å². The minimum Gasteiger partial charge on any atom is -0.396 e. The third kappa shape index (κ3) is 1.68. The topological polar surface area (TPSA) is 20.2 Å². The first-order valence-electron chi connectivity index (χ1n) is 3.95. The van der Waals surface area contributed by atoms with Gasteiger partial charge in [0.25, 0.3) is 0 Å². The van der Waals surface area contributed by atoms with Crippen molar-refractivity contribution >= 4 is 0 Å². The fraction of sp³-hybridized carbons (Fsp3) is 1.00. The number of hydrogen-bond donors (Lipinski definition) is 1. The molecule has 0 bridgehead atoms. The average Bonchev–Trinajstić information content (AvgIpc) is 1.89. The van der Waals surface area contributed by atoms with Crippen molar-refractivity contribution in [3.05, 3.63) is 0 Å². The van der Waals surface area contributed by atoms with Crippen molar-refractivity contribution in [2.75, 3.05) is 6.61 Å². The van der Waals surface area contributed by atoms with Crippen molar-refractivity contribution in [1.82, 2.24) is 0 Å². The maximum atomic E-state index is 8.86. The van der Waals surface area contributed by atoms with Crippen LogP contribution in [0.4, 0.5) is 0 Å². The monoisotopic (exact) mass is 128 g/mol. The van der Waals surface area contributed by atoms with Crippen LogP contribution in [-0.4, -0.2) is 11.7 Å². The van der Waals surface area contributed by atoms with E-state index >= 15 is 0 Å². The Kier molecular flexibility index (Phi) is 2.52. The SMILES string of the molecule is CC1CCCC[C@@H]1CO. The second-order valence-electron chi connectivity index (χ2n) is 3.20. The summed E-state index contributed by atoms with van der Waals surface area (Å²) in [6.07, 6.45) is 5.27. The van der Waals surface area contributed by atoms with Crippen molar-refractivity contribution in [2.45, 2.75) is 32.6 Å². The van der Waals surface area contributed by atoms with E-state index in [0.29, 0.717) is 12.5 Å². The lowest BCUT2D eigenvalue weighted by atomic mass is 9.81. The Bertz CT molecular complexity index is 80.6. The fourth-order valence-corrected chi connectivity index (χ4v) is 1.66. The Morgan fingerprint density at radius 2 is 2.00 bits per heavy atom. The highest BCUT2D eigenvalue weighted by Crippen LogP contribution is 2.28. The summed E-state index contributed by atoms with van der Waals surface area (Å²) >= 11 is 0. The van der Waals surface area contributed by atoms with E-state index in [1.807, 2.05) is 0 Å². The molecule has 1 heteroatoms. The summed E-state index contributed by atoms with van der Waals surface area (Å²) in [7, 11) is 0. The van der Waals surface area contributed by atoms with Crippen molar-refractivity contribution in [3.63, 3.8) is 0 Å². The lowest BCUT2D eigenvalue weighted by Crippen LogP contribution is -2.19. The molecular weight excluding hydrogens is 112 g/mol. The van der Waals surface area contributed by atoms with E-state index in [-0.39, 0.29) is 0 Å². The molecule has 1 rings (SSSR count). The van der Waals surface area contributed by atoms with Gasteiger partial charge in [0.1, 0.15) is 0 Å². The molecule has 0 heterocycles. The molecule has 1 nitrogen and oxygen atoms in total. The van der Waals surface area contributed by atoms with Gasteiger partial charge in [-0.25, -0.2) is 0 Å². The quantitative estimate of drug-likeness (QED) is 0.571. The van der Waals surface area contributed by atoms with Gasteiger partial charge in [-0.2, -0.15) is 0 Å². The summed E-state index contributed by atoms with van der Waals surface area (Å²) in [6, 6.07) is 0. The zero-order valence-corrected chi connectivity index (χ0v) is 6.14. The molecule has 1 N–H and O–H groups in total. The number of aliphatic hydroxyl groups excluding tert-OH is 1. The highest BCUT2D eigenvalue weighted by atomic mass is 16.3. The van der Waals surface area contributed by atoms with Crippen LogP contribution in [0.1, 0.15) is 32.6 Å². The number of rotatable bonds is 1. The molecule has 1 unspecified atom stereocenters. The Balaban J connectivity index is 2.30. The summed E-state index contributed by atoms with van der Waals surface area (Å²) < 4.78 is 0. The first-order chi connectivity index (χ1) is 4.34. The first kappa shape index (κ1) is 7.07. The van der Waals surface area contributed by atoms with Gasteiger partial charge in [-0.3, -0.25) is 0 Å². The molecular formula is C8H16O. The highest BCUT2D eigenvalue weighted by molar-refractivity contribution is 4.70. The minimum atomic E-state index is 0.404. The van der Waals surface area contributed by atoms with Crippen LogP contribution in [0.2, 0.25) is 0 Å². The van der Waals surface area contributed by atoms with Gasteiger partial charge < -0.3 is 5.11 Å². The van der Waals surface area contributed by atoms with Gasteiger partial charge in [-0.05, 0) is 18.3 Å². The Hall–Kier alpha value is -0.0400. The number of aliphatic hydroxyl groups is 1. The lowest BCUT2D eigenvalue weighted by Gasteiger charge is -2.26. The van der Waals surface area contributed by atoms with Crippen molar-refractivity contribution in [3.8, 4) is 0 Å². The minimum absolute atomic E-state index is 0.404. The summed E-state index contributed by atoms with van der Waals surface area (Å²) in [6.45, 7) is 2.65. The van der Waals surface area contributed by atoms with E-state index in [4.69, 9.17) is 5.11 Å². The van der Waals surface area contributed by atoms with E-state index in [9.17, 15) is 0 Å². The van der Waals surface area contributed by atoms with Crippen LogP contribution in [-0.2, 0) is 0 Å². The van der Waals surface area contributed by atoms with Crippen LogP contribution in [0.5, 0.6) is 0 Å². The maximum Gasteiger partial charge on any atom is 0.0461 e. The molecule has 0 aromatic rings. The predicted molar refractivity (Wildman–Crippen MR) is 38.2 cm³/mol. The van der Waals surface area contributed by atoms with Gasteiger partial charge in [0, 0.05) is 6.61 Å². The molecule has 1 saturated carbocycles. The fourth-order valence-electron chi connectivity index (χ4n) is 1.66. The van der Waals surface area contributed by atoms with Crippen LogP contribution in [0.15, 0.2) is 0 Å². The van der Waals surface area contributed by atoms with E-state index in [0.717, 1.165) is 5.92 Å². The lowest BCUT2D eigenvalue weighted by molar-refractivity contribution is 0.144. The van der Waals surface area contributed by atoms with Gasteiger partial charge in [0.2, 0.25) is 0 Å². The van der Waals surface area contributed by atoms with Crippen LogP contribution in [0, 0.1) is 11.8 Å². The maximum absolute atomic E-state index is 8.86. The molecule has 0 aromatic carbocycles. The second-order valence-corrected chi connectivity index (χ2v) is 3.20. The molecule has 0 radical (unpaired) electrons. The van der Waals surface area contributed by atoms with Crippen molar-refractivity contribution in [2.24, 2.45) is 11.8 Å². The molecule has 1 aliphatic carbocycles. The molecule has 0 saturated heterocycles. The smallest absolute Gasteiger partial charge is 0.0461 e. The third-order valence-corrected chi connectivity index (χ3v) is 2.52. The highest BCUT2D eigenvalue weighted by Gasteiger charge is 2.19. The van der Waals surface area contributed by atoms with Gasteiger partial charge in [0.15, 0.2) is 0 Å². The summed E-state index contributed by atoms with van der Waals surface area (Å²) in [5.41, 5.74) is 0. The van der Waals surface area contributed by atoms with E-state index in [1.165, 1.54) is 25.7 Å². The standard InChI is InChI=1S/C8H16O/c1-7-4-2-3-5-8(7)6-9/h7-9H,2-6H2,1H3/t7?,8-/m1/s1. The van der Waals surface area contributed by atoms with Crippen LogP contribution in [0.25, 0.3) is 0 Å². The van der Waals surface area contributed by atoms with Gasteiger partial charge in [-0.15, -0.1) is 0 Å². The van der Waals surface area contributed by atoms with Crippen LogP contribution in [0.3, 0.4) is 0 Å². The molecule has 0 aliphatic heterocycles. The summed E-state index contributed by atoms with van der Waals surface area (Å²) in [4.78, 5) is 0. The Labute approximate surface area is 57.1 Å². The molecule has 1 fully saturated rings. The largest absolute Gasteiger partial charge is 0.396 e. The molecule has 0 aromatic heterocycles. The Morgan fingerprint density at radius 3 is 2.44 bits per heavy atom. The number of hydrogen-bond acceptors (Lipinski definition) is 1. The summed E-state index contributed by atoms with van der Waals surface area (Å²) in [5, 5.41) is 8.86. The first-order valence-corrected chi connectivity index (χ1v) is 3.95. The molecule has 54 valence electrons. The normalized spacial score (nSPS) is 36.7. The molecule has 2 atom stereocenters. The van der Waals surface area contributed by atoms with E-state index in [1.54, 1.807) is 0 Å². The predicted octanol–water partition coefficient (Wildman–Crippen LogP) is 1.81. The van der Waals surface area contributed by atoms with Crippen molar-refractivity contribution in [1.29, 1.82) is 0 Å². The van der Waals surface area contributed by atoms with E-state index in [2.05, 4.69) is 6.92 Å². The zero-order chi connectivity index (χ0) is 6.69. The Morgan fingerprint density at radius 1 is 1.33 bits per heavy atom. The molecule has 0 spiro atoms. The van der Waals surface area contributed by atoms with Gasteiger partial charge >= 0.3 is 0 Å². The van der Waals surface area contributed by atoms with Crippen LogP contribution >= 0.6 is 0 Å². The van der Waals surface area contributed by atoms with Crippen LogP contribution < -0.4 is 0 Å². The van der Waals surface area contributed by atoms with Crippen molar-refractivity contribution < 1.29 is 5.11 Å². The van der Waals surface area contributed by atoms with Gasteiger partial charge in [0.05, 0.1) is 0 Å². The summed E-state index contributed by atoms with van der Waals surface area (Å²) in [5.74, 6) is 1.38. The molecule has 1 aliphatic rings. The molecule has 9 heavy (non-hydrogen) atoms. The molecule has 0 amide bonds. The second kappa shape index (κ2) is 3.21.